The van der Waals surface area contributed by atoms with Crippen LogP contribution in [0, 0.1) is 11.8 Å². The maximum atomic E-state index is 13.0. The fourth-order valence-corrected chi connectivity index (χ4v) is 9.41. The summed E-state index contributed by atoms with van der Waals surface area (Å²) in [7, 11) is 0. The highest BCUT2D eigenvalue weighted by atomic mass is 32.1. The molecular formula is C36H37N5O5S2. The van der Waals surface area contributed by atoms with Crippen molar-refractivity contribution < 1.29 is 23.8 Å². The summed E-state index contributed by atoms with van der Waals surface area (Å²) in [5.41, 5.74) is 4.83. The molecule has 12 heteroatoms. The van der Waals surface area contributed by atoms with Crippen molar-refractivity contribution in [3.8, 4) is 20.9 Å². The second-order valence-corrected chi connectivity index (χ2v) is 16.5. The van der Waals surface area contributed by atoms with Crippen molar-refractivity contribution in [2.24, 2.45) is 11.8 Å². The first-order valence-corrected chi connectivity index (χ1v) is 18.0. The molecule has 6 heterocycles. The summed E-state index contributed by atoms with van der Waals surface area (Å²) < 4.78 is 14.3. The van der Waals surface area contributed by atoms with E-state index < -0.39 is 11.7 Å². The van der Waals surface area contributed by atoms with Crippen LogP contribution in [0.1, 0.15) is 71.3 Å². The number of fused-ring (bicyclic) bond motifs is 3. The number of carbonyl (C=O) groups is 2. The number of rotatable bonds is 4. The second kappa shape index (κ2) is 11.3. The van der Waals surface area contributed by atoms with Gasteiger partial charge in [-0.1, -0.05) is 26.0 Å². The lowest BCUT2D eigenvalue weighted by molar-refractivity contribution is 0.0214. The molecule has 48 heavy (non-hydrogen) atoms. The van der Waals surface area contributed by atoms with Gasteiger partial charge in [-0.25, -0.2) is 19.6 Å². The van der Waals surface area contributed by atoms with E-state index in [1.54, 1.807) is 22.7 Å². The molecular weight excluding hydrogens is 647 g/mol. The topological polar surface area (TPSA) is 125 Å². The zero-order valence-electron chi connectivity index (χ0n) is 27.4. The first kappa shape index (κ1) is 30.9. The Morgan fingerprint density at radius 3 is 2.17 bits per heavy atom. The van der Waals surface area contributed by atoms with E-state index >= 15 is 0 Å². The van der Waals surface area contributed by atoms with Crippen LogP contribution in [0.4, 0.5) is 9.59 Å². The van der Waals surface area contributed by atoms with E-state index in [0.717, 1.165) is 44.8 Å². The average molecular weight is 684 g/mol. The maximum Gasteiger partial charge on any atom is 0.410 e. The number of likely N-dealkylation sites (tertiary alicyclic amines) is 2. The molecule has 6 aromatic rings. The van der Waals surface area contributed by atoms with E-state index in [1.807, 2.05) is 43.9 Å². The number of oxazole rings is 1. The van der Waals surface area contributed by atoms with Gasteiger partial charge in [-0.15, -0.1) is 22.7 Å². The van der Waals surface area contributed by atoms with E-state index in [1.165, 1.54) is 19.2 Å². The number of benzene rings is 2. The highest BCUT2D eigenvalue weighted by Gasteiger charge is 2.39. The molecule has 2 aromatic carbocycles. The number of carboxylic acid groups (broad SMARTS) is 1. The highest BCUT2D eigenvalue weighted by Crippen LogP contribution is 2.44. The Bertz CT molecular complexity index is 2170. The molecule has 2 amide bonds. The van der Waals surface area contributed by atoms with Gasteiger partial charge in [0.15, 0.2) is 5.58 Å². The average Bonchev–Trinajstić information content (AvgIpc) is 3.84. The van der Waals surface area contributed by atoms with Crippen LogP contribution in [0.25, 0.3) is 52.4 Å². The molecule has 2 aliphatic rings. The maximum absolute atomic E-state index is 13.0. The Balaban J connectivity index is 1.03. The SMILES string of the molecule is CC1CC(c2nc3ccc(-c4cc5sc(-c6ccc7nc([C@@H]8C[C@H](C)CN8C(=O)OC(C)(C)C)[nH]c7c6)cc5s4)cc3o2)N(C(=O)O)C1. The van der Waals surface area contributed by atoms with Gasteiger partial charge in [0, 0.05) is 32.2 Å². The van der Waals surface area contributed by atoms with Gasteiger partial charge in [0.05, 0.1) is 17.1 Å². The molecule has 2 saturated heterocycles. The van der Waals surface area contributed by atoms with E-state index in [2.05, 4.69) is 54.1 Å². The van der Waals surface area contributed by atoms with Gasteiger partial charge < -0.3 is 19.2 Å². The zero-order chi connectivity index (χ0) is 33.5. The summed E-state index contributed by atoms with van der Waals surface area (Å²) in [4.78, 5) is 43.4. The van der Waals surface area contributed by atoms with Gasteiger partial charge in [0.25, 0.3) is 0 Å². The van der Waals surface area contributed by atoms with Gasteiger partial charge in [0.1, 0.15) is 23.0 Å². The number of nitrogens with one attached hydrogen (secondary N) is 1. The zero-order valence-corrected chi connectivity index (χ0v) is 29.1. The molecule has 0 bridgehead atoms. The molecule has 0 aliphatic carbocycles. The number of hydrogen-bond acceptors (Lipinski definition) is 8. The van der Waals surface area contributed by atoms with Crippen molar-refractivity contribution in [3.05, 3.63) is 60.2 Å². The Morgan fingerprint density at radius 1 is 0.875 bits per heavy atom. The van der Waals surface area contributed by atoms with Crippen LogP contribution in [-0.4, -0.2) is 60.7 Å². The van der Waals surface area contributed by atoms with Crippen molar-refractivity contribution in [1.29, 1.82) is 0 Å². The quantitative estimate of drug-likeness (QED) is 0.190. The minimum atomic E-state index is -0.940. The number of thiophene rings is 2. The molecule has 0 radical (unpaired) electrons. The Morgan fingerprint density at radius 2 is 1.50 bits per heavy atom. The number of aromatic nitrogens is 3. The number of hydrogen-bond donors (Lipinski definition) is 2. The first-order chi connectivity index (χ1) is 22.9. The summed E-state index contributed by atoms with van der Waals surface area (Å²) in [5, 5.41) is 9.66. The summed E-state index contributed by atoms with van der Waals surface area (Å²) in [6, 6.07) is 16.3. The monoisotopic (exact) mass is 683 g/mol. The van der Waals surface area contributed by atoms with Crippen molar-refractivity contribution in [1.82, 2.24) is 24.8 Å². The lowest BCUT2D eigenvalue weighted by Crippen LogP contribution is -2.37. The number of aromatic amines is 1. The smallest absolute Gasteiger partial charge is 0.410 e. The molecule has 4 aromatic heterocycles. The van der Waals surface area contributed by atoms with Crippen molar-refractivity contribution in [2.45, 2.75) is 65.1 Å². The molecule has 2 unspecified atom stereocenters. The summed E-state index contributed by atoms with van der Waals surface area (Å²) in [6.07, 6.45) is 0.303. The van der Waals surface area contributed by atoms with E-state index in [-0.39, 0.29) is 24.1 Å². The number of amides is 2. The predicted molar refractivity (Wildman–Crippen MR) is 189 cm³/mol. The van der Waals surface area contributed by atoms with Gasteiger partial charge >= 0.3 is 12.2 Å². The number of ether oxygens (including phenoxy) is 1. The van der Waals surface area contributed by atoms with Crippen LogP contribution < -0.4 is 0 Å². The molecule has 2 aliphatic heterocycles. The highest BCUT2D eigenvalue weighted by molar-refractivity contribution is 7.31. The molecule has 10 nitrogen and oxygen atoms in total. The fraction of sp³-hybridized carbons (Fsp3) is 0.389. The number of carbonyl (C=O) groups excluding carboxylic acids is 1. The third kappa shape index (κ3) is 5.60. The molecule has 2 fully saturated rings. The van der Waals surface area contributed by atoms with Crippen LogP contribution in [-0.2, 0) is 4.74 Å². The van der Waals surface area contributed by atoms with Crippen molar-refractivity contribution >= 4 is 66.4 Å². The molecule has 248 valence electrons. The summed E-state index contributed by atoms with van der Waals surface area (Å²) in [5.74, 6) is 1.88. The predicted octanol–water partition coefficient (Wildman–Crippen LogP) is 9.69. The minimum Gasteiger partial charge on any atom is -0.465 e. The van der Waals surface area contributed by atoms with Gasteiger partial charge in [-0.2, -0.15) is 0 Å². The van der Waals surface area contributed by atoms with Gasteiger partial charge in [-0.3, -0.25) is 9.80 Å². The van der Waals surface area contributed by atoms with Crippen LogP contribution >= 0.6 is 22.7 Å². The number of nitrogens with zero attached hydrogens (tertiary/aromatic N) is 4. The van der Waals surface area contributed by atoms with Crippen LogP contribution in [0.3, 0.4) is 0 Å². The van der Waals surface area contributed by atoms with Crippen molar-refractivity contribution in [3.63, 3.8) is 0 Å². The Labute approximate surface area is 285 Å². The minimum absolute atomic E-state index is 0.148. The van der Waals surface area contributed by atoms with E-state index in [0.29, 0.717) is 36.9 Å². The largest absolute Gasteiger partial charge is 0.465 e. The lowest BCUT2D eigenvalue weighted by Gasteiger charge is -2.27. The summed E-state index contributed by atoms with van der Waals surface area (Å²) >= 11 is 3.49. The van der Waals surface area contributed by atoms with Crippen LogP contribution in [0.15, 0.2) is 52.9 Å². The lowest BCUT2D eigenvalue weighted by atomic mass is 10.1. The summed E-state index contributed by atoms with van der Waals surface area (Å²) in [6.45, 7) is 11.0. The second-order valence-electron chi connectivity index (χ2n) is 14.3. The Kier molecular flexibility index (Phi) is 7.29. The molecule has 2 N–H and O–H groups in total. The normalized spacial score (nSPS) is 21.7. The van der Waals surface area contributed by atoms with E-state index in [9.17, 15) is 14.7 Å². The third-order valence-corrected chi connectivity index (χ3v) is 11.6. The Hall–Kier alpha value is -4.42. The first-order valence-electron chi connectivity index (χ1n) is 16.3. The van der Waals surface area contributed by atoms with Gasteiger partial charge in [0.2, 0.25) is 5.89 Å². The van der Waals surface area contributed by atoms with Gasteiger partial charge in [-0.05, 0) is 93.0 Å². The fourth-order valence-electron chi connectivity index (χ4n) is 7.02. The van der Waals surface area contributed by atoms with Crippen LogP contribution in [0.2, 0.25) is 0 Å². The molecule has 0 spiro atoms. The molecule has 0 saturated carbocycles. The molecule has 8 rings (SSSR count). The standard InChI is InChI=1S/C36H37N5O5S2/c1-18-10-25(41(17-18)35(44)46-36(3,4)5)32-37-22-8-6-20(12-24(22)38-32)28-14-30-31(47-28)15-29(48-30)21-7-9-23-27(13-21)45-33(39-23)26-11-19(2)16-40(26)34(42)43/h6-9,12-15,18-19,25-26H,10-11,16-17H2,1-5H3,(H,37,38)(H,42,43)/t18-,19?,25-,26?/m0/s1. The van der Waals surface area contributed by atoms with E-state index in [4.69, 9.17) is 14.1 Å². The van der Waals surface area contributed by atoms with Crippen molar-refractivity contribution in [2.75, 3.05) is 13.1 Å². The van der Waals surface area contributed by atoms with Crippen LogP contribution in [0.5, 0.6) is 0 Å². The third-order valence-electron chi connectivity index (χ3n) is 9.18. The number of H-pyrrole nitrogens is 1. The number of imidazole rings is 1. The molecule has 4 atom stereocenters.